The fourth-order valence-corrected chi connectivity index (χ4v) is 4.38. The van der Waals surface area contributed by atoms with Gasteiger partial charge in [-0.1, -0.05) is 35.4 Å². The van der Waals surface area contributed by atoms with E-state index in [1.54, 1.807) is 0 Å². The summed E-state index contributed by atoms with van der Waals surface area (Å²) in [6.07, 6.45) is 0. The van der Waals surface area contributed by atoms with Gasteiger partial charge in [-0.05, 0) is 77.7 Å². The summed E-state index contributed by atoms with van der Waals surface area (Å²) in [5.41, 5.74) is 8.25. The largest absolute Gasteiger partial charge is 1.00 e. The first-order valence-electron chi connectivity index (χ1n) is 7.26. The number of carbonyl (C=O) groups is 1. The summed E-state index contributed by atoms with van der Waals surface area (Å²) in [5.74, 6) is 0. The Balaban J connectivity index is 0.00000242. The van der Waals surface area contributed by atoms with Crippen LogP contribution in [0.2, 0.25) is 0 Å². The summed E-state index contributed by atoms with van der Waals surface area (Å²) >= 11 is 0. The predicted molar refractivity (Wildman–Crippen MR) is 94.7 cm³/mol. The van der Waals surface area contributed by atoms with Gasteiger partial charge in [0.15, 0.2) is 5.52 Å². The number of hydrogen-bond donors (Lipinski definition) is 0. The summed E-state index contributed by atoms with van der Waals surface area (Å²) in [5, 5.41) is 1.20. The maximum Gasteiger partial charge on any atom is 1.00 e. The van der Waals surface area contributed by atoms with Crippen LogP contribution in [0.1, 0.15) is 45.2 Å². The SMILES string of the molecule is Cc1cc(C)c(PC(=O)c2c(C)cc(C)cc2C)c(C)c1.[H-].[Li+]. The standard InChI is InChI=1S/C19H23OP.Li.H/c1-11-7-13(3)17(14(4)8-11)19(20)21-18-15(5)9-12(2)10-16(18)6;;/h7-10,21H,1-6H3;;/q;+1;-1. The normalized spacial score (nSPS) is 10.8. The molecule has 0 N–H and O–H groups in total. The predicted octanol–water partition coefficient (Wildman–Crippen LogP) is 1.80. The van der Waals surface area contributed by atoms with E-state index in [9.17, 15) is 4.79 Å². The first-order valence-corrected chi connectivity index (χ1v) is 8.26. The zero-order valence-electron chi connectivity index (χ0n) is 15.7. The Morgan fingerprint density at radius 3 is 1.55 bits per heavy atom. The molecule has 2 aromatic rings. The molecular formula is C19H24LiOP. The van der Waals surface area contributed by atoms with Gasteiger partial charge in [0.1, 0.15) is 0 Å². The van der Waals surface area contributed by atoms with Crippen molar-refractivity contribution in [3.05, 3.63) is 63.2 Å². The molecule has 0 amide bonds. The van der Waals surface area contributed by atoms with Crippen molar-refractivity contribution < 1.29 is 25.1 Å². The van der Waals surface area contributed by atoms with Crippen molar-refractivity contribution in [1.29, 1.82) is 0 Å². The number of rotatable bonds is 3. The van der Waals surface area contributed by atoms with E-state index < -0.39 is 0 Å². The minimum absolute atomic E-state index is 0. The maximum absolute atomic E-state index is 12.8. The molecule has 0 aromatic heterocycles. The smallest absolute Gasteiger partial charge is 1.00 e. The van der Waals surface area contributed by atoms with E-state index in [2.05, 4.69) is 52.0 Å². The average molecular weight is 306 g/mol. The van der Waals surface area contributed by atoms with E-state index in [1.807, 2.05) is 13.8 Å². The molecule has 2 rings (SSSR count). The Morgan fingerprint density at radius 1 is 0.773 bits per heavy atom. The fourth-order valence-electron chi connectivity index (χ4n) is 3.09. The van der Waals surface area contributed by atoms with Crippen molar-refractivity contribution in [1.82, 2.24) is 0 Å². The topological polar surface area (TPSA) is 17.1 Å². The van der Waals surface area contributed by atoms with Gasteiger partial charge < -0.3 is 1.43 Å². The van der Waals surface area contributed by atoms with Crippen LogP contribution >= 0.6 is 8.58 Å². The Kier molecular flexibility index (Phi) is 6.63. The van der Waals surface area contributed by atoms with Gasteiger partial charge in [0.2, 0.25) is 0 Å². The summed E-state index contributed by atoms with van der Waals surface area (Å²) in [6, 6.07) is 8.52. The molecule has 0 heterocycles. The first-order chi connectivity index (χ1) is 9.79. The molecule has 112 valence electrons. The van der Waals surface area contributed by atoms with Crippen molar-refractivity contribution in [2.24, 2.45) is 0 Å². The average Bonchev–Trinajstić information content (AvgIpc) is 2.32. The van der Waals surface area contributed by atoms with Crippen molar-refractivity contribution in [2.75, 3.05) is 0 Å². The van der Waals surface area contributed by atoms with Gasteiger partial charge >= 0.3 is 18.9 Å². The molecule has 1 unspecified atom stereocenters. The summed E-state index contributed by atoms with van der Waals surface area (Å²) in [6.45, 7) is 12.4. The molecule has 0 aliphatic rings. The van der Waals surface area contributed by atoms with Crippen LogP contribution in [0, 0.1) is 41.5 Å². The van der Waals surface area contributed by atoms with Crippen LogP contribution in [0.15, 0.2) is 24.3 Å². The molecule has 22 heavy (non-hydrogen) atoms. The second-order valence-electron chi connectivity index (χ2n) is 6.00. The van der Waals surface area contributed by atoms with Crippen LogP contribution < -0.4 is 24.2 Å². The van der Waals surface area contributed by atoms with E-state index in [4.69, 9.17) is 0 Å². The van der Waals surface area contributed by atoms with Crippen LogP contribution in [-0.4, -0.2) is 5.52 Å². The number of aryl methyl sites for hydroxylation is 6. The molecule has 0 spiro atoms. The van der Waals surface area contributed by atoms with Crippen LogP contribution in [-0.2, 0) is 0 Å². The fraction of sp³-hybridized carbons (Fsp3) is 0.316. The summed E-state index contributed by atoms with van der Waals surface area (Å²) in [7, 11) is 0.200. The number of benzene rings is 2. The van der Waals surface area contributed by atoms with Crippen molar-refractivity contribution >= 4 is 19.4 Å². The van der Waals surface area contributed by atoms with Gasteiger partial charge in [0.25, 0.3) is 0 Å². The van der Waals surface area contributed by atoms with Gasteiger partial charge in [-0.2, -0.15) is 0 Å². The van der Waals surface area contributed by atoms with Crippen LogP contribution in [0.4, 0.5) is 0 Å². The van der Waals surface area contributed by atoms with Gasteiger partial charge in [-0.25, -0.2) is 0 Å². The summed E-state index contributed by atoms with van der Waals surface area (Å²) < 4.78 is 0. The molecule has 0 aliphatic heterocycles. The van der Waals surface area contributed by atoms with Crippen LogP contribution in [0.5, 0.6) is 0 Å². The second kappa shape index (κ2) is 7.61. The number of carbonyl (C=O) groups excluding carboxylic acids is 1. The summed E-state index contributed by atoms with van der Waals surface area (Å²) in [4.78, 5) is 12.8. The van der Waals surface area contributed by atoms with E-state index in [1.165, 1.54) is 27.6 Å². The minimum Gasteiger partial charge on any atom is -1.00 e. The Hall–Kier alpha value is -0.863. The van der Waals surface area contributed by atoms with Gasteiger partial charge in [0.05, 0.1) is 0 Å². The zero-order valence-corrected chi connectivity index (χ0v) is 15.7. The Morgan fingerprint density at radius 2 is 1.14 bits per heavy atom. The van der Waals surface area contributed by atoms with Crippen molar-refractivity contribution in [2.45, 2.75) is 41.5 Å². The zero-order chi connectivity index (χ0) is 15.7. The van der Waals surface area contributed by atoms with Gasteiger partial charge in [-0.15, -0.1) is 0 Å². The van der Waals surface area contributed by atoms with Crippen LogP contribution in [0.3, 0.4) is 0 Å². The molecule has 2 aromatic carbocycles. The van der Waals surface area contributed by atoms with Gasteiger partial charge in [-0.3, -0.25) is 4.79 Å². The monoisotopic (exact) mass is 306 g/mol. The molecular weight excluding hydrogens is 282 g/mol. The molecule has 0 saturated carbocycles. The molecule has 3 heteroatoms. The van der Waals surface area contributed by atoms with Gasteiger partial charge in [0, 0.05) is 5.56 Å². The third-order valence-corrected chi connectivity index (χ3v) is 5.34. The molecule has 0 radical (unpaired) electrons. The number of hydrogen-bond acceptors (Lipinski definition) is 1. The third kappa shape index (κ3) is 4.11. The molecule has 1 nitrogen and oxygen atoms in total. The second-order valence-corrected chi connectivity index (χ2v) is 7.21. The molecule has 0 saturated heterocycles. The molecule has 0 fully saturated rings. The Bertz CT molecular complexity index is 679. The first kappa shape index (κ1) is 19.2. The molecule has 0 bridgehead atoms. The van der Waals surface area contributed by atoms with E-state index in [-0.39, 0.29) is 34.4 Å². The Labute approximate surface area is 149 Å². The molecule has 1 atom stereocenters. The van der Waals surface area contributed by atoms with Crippen molar-refractivity contribution in [3.8, 4) is 0 Å². The minimum atomic E-state index is 0. The quantitative estimate of drug-likeness (QED) is 0.624. The third-order valence-electron chi connectivity index (χ3n) is 3.82. The van der Waals surface area contributed by atoms with E-state index >= 15 is 0 Å². The van der Waals surface area contributed by atoms with E-state index in [0.717, 1.165) is 16.7 Å². The van der Waals surface area contributed by atoms with E-state index in [0.29, 0.717) is 0 Å². The molecule has 0 aliphatic carbocycles. The van der Waals surface area contributed by atoms with Crippen molar-refractivity contribution in [3.63, 3.8) is 0 Å². The van der Waals surface area contributed by atoms with Crippen LogP contribution in [0.25, 0.3) is 0 Å². The maximum atomic E-state index is 12.8.